The first kappa shape index (κ1) is 20.9. The molecule has 2 saturated heterocycles. The second-order valence-corrected chi connectivity index (χ2v) is 8.90. The molecule has 0 amide bonds. The van der Waals surface area contributed by atoms with E-state index in [0.717, 1.165) is 31.9 Å². The summed E-state index contributed by atoms with van der Waals surface area (Å²) in [4.78, 5) is 10.8. The number of rotatable bonds is 5. The molecule has 0 atom stereocenters. The lowest BCUT2D eigenvalue weighted by Crippen LogP contribution is -2.71. The standard InChI is InChI=1S/C22H21F3N8O/c1-34-17-4-13(7-33-20(17)28-12-29-33)18-15(5-22(23,24)25)19(31-30-18)16-3-2-14(6-27-16)32-10-21(11-32)8-26-9-21/h2-4,6-7,12,26H,5,8-11H2,1H3,(H,30,31). The highest BCUT2D eigenvalue weighted by Gasteiger charge is 2.47. The molecule has 2 fully saturated rings. The minimum atomic E-state index is -4.43. The number of fused-ring (bicyclic) bond motifs is 1. The molecule has 4 aromatic heterocycles. The third-order valence-electron chi connectivity index (χ3n) is 6.50. The summed E-state index contributed by atoms with van der Waals surface area (Å²) in [6, 6.07) is 5.23. The van der Waals surface area contributed by atoms with Crippen LogP contribution in [0.4, 0.5) is 18.9 Å². The van der Waals surface area contributed by atoms with Crippen molar-refractivity contribution in [1.29, 1.82) is 0 Å². The van der Waals surface area contributed by atoms with Crippen molar-refractivity contribution in [3.05, 3.63) is 42.5 Å². The average Bonchev–Trinajstić information content (AvgIpc) is 3.37. The number of H-pyrrole nitrogens is 1. The van der Waals surface area contributed by atoms with Crippen LogP contribution < -0.4 is 15.0 Å². The van der Waals surface area contributed by atoms with Crippen molar-refractivity contribution < 1.29 is 17.9 Å². The van der Waals surface area contributed by atoms with Crippen molar-refractivity contribution >= 4 is 11.3 Å². The van der Waals surface area contributed by atoms with Gasteiger partial charge in [-0.15, -0.1) is 0 Å². The Labute approximate surface area is 192 Å². The van der Waals surface area contributed by atoms with Crippen LogP contribution in [0.5, 0.6) is 5.75 Å². The molecule has 12 heteroatoms. The predicted octanol–water partition coefficient (Wildman–Crippen LogP) is 2.70. The summed E-state index contributed by atoms with van der Waals surface area (Å²) in [6.45, 7) is 3.97. The monoisotopic (exact) mass is 470 g/mol. The molecule has 2 aliphatic rings. The third-order valence-corrected chi connectivity index (χ3v) is 6.50. The molecule has 34 heavy (non-hydrogen) atoms. The van der Waals surface area contributed by atoms with Gasteiger partial charge in [-0.25, -0.2) is 9.50 Å². The van der Waals surface area contributed by atoms with Crippen molar-refractivity contribution in [2.75, 3.05) is 38.2 Å². The van der Waals surface area contributed by atoms with E-state index >= 15 is 0 Å². The smallest absolute Gasteiger partial charge is 0.393 e. The number of hydrogen-bond donors (Lipinski definition) is 2. The van der Waals surface area contributed by atoms with Crippen LogP contribution >= 0.6 is 0 Å². The fourth-order valence-corrected chi connectivity index (χ4v) is 4.73. The lowest BCUT2D eigenvalue weighted by Gasteiger charge is -2.57. The molecule has 0 aliphatic carbocycles. The first-order valence-corrected chi connectivity index (χ1v) is 10.8. The topological polar surface area (TPSA) is 96.3 Å². The molecule has 0 bridgehead atoms. The molecule has 0 unspecified atom stereocenters. The summed E-state index contributed by atoms with van der Waals surface area (Å²) >= 11 is 0. The Balaban J connectivity index is 1.37. The van der Waals surface area contributed by atoms with Gasteiger partial charge in [0, 0.05) is 48.9 Å². The lowest BCUT2D eigenvalue weighted by atomic mass is 9.74. The number of aromatic amines is 1. The molecule has 0 aromatic carbocycles. The fraction of sp³-hybridized carbons (Fsp3) is 0.364. The number of nitrogens with one attached hydrogen (secondary N) is 2. The van der Waals surface area contributed by atoms with Gasteiger partial charge in [0.25, 0.3) is 0 Å². The Bertz CT molecular complexity index is 1350. The van der Waals surface area contributed by atoms with Gasteiger partial charge in [-0.3, -0.25) is 10.1 Å². The Morgan fingerprint density at radius 1 is 1.18 bits per heavy atom. The molecule has 2 aliphatic heterocycles. The minimum Gasteiger partial charge on any atom is -0.493 e. The van der Waals surface area contributed by atoms with Gasteiger partial charge in [0.15, 0.2) is 11.4 Å². The minimum absolute atomic E-state index is 0.0118. The van der Waals surface area contributed by atoms with Crippen LogP contribution in [0.1, 0.15) is 5.56 Å². The molecule has 2 N–H and O–H groups in total. The average molecular weight is 470 g/mol. The number of alkyl halides is 3. The zero-order chi connectivity index (χ0) is 23.5. The van der Waals surface area contributed by atoms with Crippen LogP contribution in [0.15, 0.2) is 36.9 Å². The number of aromatic nitrogens is 6. The zero-order valence-corrected chi connectivity index (χ0v) is 18.2. The second-order valence-electron chi connectivity index (χ2n) is 8.90. The quantitative estimate of drug-likeness (QED) is 0.463. The van der Waals surface area contributed by atoms with Crippen LogP contribution in [0.3, 0.4) is 0 Å². The molecule has 6 heterocycles. The predicted molar refractivity (Wildman–Crippen MR) is 118 cm³/mol. The maximum Gasteiger partial charge on any atom is 0.393 e. The number of methoxy groups -OCH3 is 1. The zero-order valence-electron chi connectivity index (χ0n) is 18.2. The lowest BCUT2D eigenvalue weighted by molar-refractivity contribution is -0.127. The normalized spacial score (nSPS) is 17.1. The van der Waals surface area contributed by atoms with E-state index in [0.29, 0.717) is 28.1 Å². The van der Waals surface area contributed by atoms with Crippen LogP contribution in [0.2, 0.25) is 0 Å². The van der Waals surface area contributed by atoms with Crippen molar-refractivity contribution in [3.8, 4) is 28.4 Å². The highest BCUT2D eigenvalue weighted by atomic mass is 19.4. The molecule has 1 spiro atoms. The van der Waals surface area contributed by atoms with E-state index in [-0.39, 0.29) is 17.0 Å². The molecular formula is C22H21F3N8O. The van der Waals surface area contributed by atoms with Crippen LogP contribution in [0.25, 0.3) is 28.3 Å². The highest BCUT2D eigenvalue weighted by molar-refractivity contribution is 5.75. The van der Waals surface area contributed by atoms with Crippen LogP contribution in [0, 0.1) is 5.41 Å². The number of halogens is 3. The first-order valence-electron chi connectivity index (χ1n) is 10.8. The Hall–Kier alpha value is -3.67. The van der Waals surface area contributed by atoms with Crippen LogP contribution in [-0.4, -0.2) is 69.2 Å². The summed E-state index contributed by atoms with van der Waals surface area (Å²) < 4.78 is 47.5. The molecule has 9 nitrogen and oxygen atoms in total. The molecule has 4 aromatic rings. The first-order chi connectivity index (χ1) is 16.3. The maximum atomic E-state index is 13.6. The maximum absolute atomic E-state index is 13.6. The van der Waals surface area contributed by atoms with Crippen LogP contribution in [-0.2, 0) is 6.42 Å². The summed E-state index contributed by atoms with van der Waals surface area (Å²) in [7, 11) is 1.47. The van der Waals surface area contributed by atoms with Gasteiger partial charge >= 0.3 is 6.18 Å². The number of nitrogens with zero attached hydrogens (tertiary/aromatic N) is 6. The van der Waals surface area contributed by atoms with Gasteiger partial charge in [-0.05, 0) is 18.2 Å². The van der Waals surface area contributed by atoms with Gasteiger partial charge in [0.1, 0.15) is 12.0 Å². The van der Waals surface area contributed by atoms with Gasteiger partial charge in [0.05, 0.1) is 36.8 Å². The molecular weight excluding hydrogens is 449 g/mol. The molecule has 6 rings (SSSR count). The van der Waals surface area contributed by atoms with E-state index in [4.69, 9.17) is 4.74 Å². The fourth-order valence-electron chi connectivity index (χ4n) is 4.73. The number of anilines is 1. The van der Waals surface area contributed by atoms with E-state index in [1.165, 1.54) is 18.0 Å². The van der Waals surface area contributed by atoms with Crippen molar-refractivity contribution in [2.45, 2.75) is 12.6 Å². The van der Waals surface area contributed by atoms with Gasteiger partial charge < -0.3 is 15.0 Å². The molecule has 176 valence electrons. The van der Waals surface area contributed by atoms with Gasteiger partial charge in [-0.2, -0.15) is 23.4 Å². The summed E-state index contributed by atoms with van der Waals surface area (Å²) in [5, 5.41) is 14.4. The van der Waals surface area contributed by atoms with Gasteiger partial charge in [-0.1, -0.05) is 0 Å². The van der Waals surface area contributed by atoms with E-state index in [2.05, 4.69) is 35.5 Å². The van der Waals surface area contributed by atoms with E-state index < -0.39 is 12.6 Å². The van der Waals surface area contributed by atoms with E-state index in [1.807, 2.05) is 6.07 Å². The van der Waals surface area contributed by atoms with Crippen molar-refractivity contribution in [1.82, 2.24) is 35.1 Å². The molecule has 0 radical (unpaired) electrons. The second kappa shape index (κ2) is 7.42. The van der Waals surface area contributed by atoms with Crippen molar-refractivity contribution in [3.63, 3.8) is 0 Å². The summed E-state index contributed by atoms with van der Waals surface area (Å²) in [6.07, 6.45) is -0.948. The highest BCUT2D eigenvalue weighted by Crippen LogP contribution is 2.39. The summed E-state index contributed by atoms with van der Waals surface area (Å²) in [5.41, 5.74) is 3.02. The number of hydrogen-bond acceptors (Lipinski definition) is 7. The Kier molecular flexibility index (Phi) is 4.56. The van der Waals surface area contributed by atoms with E-state index in [1.54, 1.807) is 24.5 Å². The molecule has 0 saturated carbocycles. The SMILES string of the molecule is COc1cc(-c2[nH]nc(-c3ccc(N4CC5(CNC5)C4)cn3)c2CC(F)(F)F)cn2ncnc12. The van der Waals surface area contributed by atoms with E-state index in [9.17, 15) is 13.2 Å². The third kappa shape index (κ3) is 3.45. The Morgan fingerprint density at radius 3 is 2.65 bits per heavy atom. The van der Waals surface area contributed by atoms with Gasteiger partial charge in [0.2, 0.25) is 0 Å². The number of ether oxygens (including phenoxy) is 1. The largest absolute Gasteiger partial charge is 0.493 e. The Morgan fingerprint density at radius 2 is 2.00 bits per heavy atom. The number of pyridine rings is 2. The van der Waals surface area contributed by atoms with Crippen molar-refractivity contribution in [2.24, 2.45) is 5.41 Å². The summed E-state index contributed by atoms with van der Waals surface area (Å²) in [5.74, 6) is 0.389.